The van der Waals surface area contributed by atoms with Gasteiger partial charge in [-0.05, 0) is 64.5 Å². The Balaban J connectivity index is 1.53. The summed E-state index contributed by atoms with van der Waals surface area (Å²) >= 11 is 4.54. The standard InChI is InChI=1S/C18H22BrN3O3S2/c1-13(18(23)21-12-14-4-8-20-9-5-14)15-6-10-22(11-7-15)27(24,25)17-3-2-16(19)26-17/h2-5,8-9,13,15H,6-7,10-12H2,1H3,(H,21,23). The third-order valence-corrected chi connectivity index (χ3v) is 8.97. The molecule has 6 nitrogen and oxygen atoms in total. The largest absolute Gasteiger partial charge is 0.352 e. The first-order valence-electron chi connectivity index (χ1n) is 8.80. The number of amides is 1. The molecule has 3 rings (SSSR count). The van der Waals surface area contributed by atoms with E-state index in [1.54, 1.807) is 24.5 Å². The van der Waals surface area contributed by atoms with Crippen molar-refractivity contribution in [1.29, 1.82) is 0 Å². The summed E-state index contributed by atoms with van der Waals surface area (Å²) in [4.78, 5) is 16.4. The van der Waals surface area contributed by atoms with Crippen molar-refractivity contribution in [2.75, 3.05) is 13.1 Å². The molecule has 146 valence electrons. The number of halogens is 1. The van der Waals surface area contributed by atoms with Gasteiger partial charge in [-0.2, -0.15) is 4.31 Å². The molecular weight excluding hydrogens is 450 g/mol. The molecule has 0 saturated carbocycles. The number of piperidine rings is 1. The molecule has 1 saturated heterocycles. The molecule has 1 N–H and O–H groups in total. The van der Waals surface area contributed by atoms with Crippen molar-refractivity contribution in [2.24, 2.45) is 11.8 Å². The van der Waals surface area contributed by atoms with Crippen LogP contribution >= 0.6 is 27.3 Å². The van der Waals surface area contributed by atoms with E-state index in [0.717, 1.165) is 9.35 Å². The monoisotopic (exact) mass is 471 g/mol. The second-order valence-electron chi connectivity index (χ2n) is 6.66. The van der Waals surface area contributed by atoms with Crippen molar-refractivity contribution in [3.8, 4) is 0 Å². The molecular formula is C18H22BrN3O3S2. The van der Waals surface area contributed by atoms with Gasteiger partial charge < -0.3 is 5.32 Å². The van der Waals surface area contributed by atoms with Crippen LogP contribution in [0.2, 0.25) is 0 Å². The molecule has 1 amide bonds. The highest BCUT2D eigenvalue weighted by molar-refractivity contribution is 9.11. The molecule has 1 aliphatic rings. The van der Waals surface area contributed by atoms with E-state index in [1.807, 2.05) is 19.1 Å². The van der Waals surface area contributed by atoms with Gasteiger partial charge in [0.05, 0.1) is 3.79 Å². The molecule has 3 heterocycles. The Morgan fingerprint density at radius 1 is 1.30 bits per heavy atom. The van der Waals surface area contributed by atoms with Gasteiger partial charge in [0.1, 0.15) is 4.21 Å². The molecule has 9 heteroatoms. The van der Waals surface area contributed by atoms with Gasteiger partial charge in [-0.15, -0.1) is 11.3 Å². The smallest absolute Gasteiger partial charge is 0.252 e. The Kier molecular flexibility index (Phi) is 6.67. The fraction of sp³-hybridized carbons (Fsp3) is 0.444. The summed E-state index contributed by atoms with van der Waals surface area (Å²) in [6.45, 7) is 3.30. The number of sulfonamides is 1. The highest BCUT2D eigenvalue weighted by Crippen LogP contribution is 2.32. The Bertz CT molecular complexity index is 878. The number of carbonyl (C=O) groups is 1. The lowest BCUT2D eigenvalue weighted by molar-refractivity contribution is -0.126. The Labute approximate surface area is 172 Å². The van der Waals surface area contributed by atoms with Gasteiger partial charge in [0.15, 0.2) is 0 Å². The second kappa shape index (κ2) is 8.81. The predicted octanol–water partition coefficient (Wildman–Crippen LogP) is 3.26. The van der Waals surface area contributed by atoms with Gasteiger partial charge in [0.25, 0.3) is 10.0 Å². The molecule has 0 spiro atoms. The van der Waals surface area contributed by atoms with Crippen molar-refractivity contribution in [3.05, 3.63) is 46.0 Å². The van der Waals surface area contributed by atoms with Crippen LogP contribution in [-0.4, -0.2) is 36.7 Å². The zero-order valence-electron chi connectivity index (χ0n) is 15.0. The van der Waals surface area contributed by atoms with Crippen molar-refractivity contribution < 1.29 is 13.2 Å². The summed E-state index contributed by atoms with van der Waals surface area (Å²) in [6, 6.07) is 7.12. The molecule has 0 radical (unpaired) electrons. The van der Waals surface area contributed by atoms with Gasteiger partial charge in [-0.25, -0.2) is 8.42 Å². The number of aromatic nitrogens is 1. The lowest BCUT2D eigenvalue weighted by atomic mass is 9.85. The van der Waals surface area contributed by atoms with E-state index >= 15 is 0 Å². The first-order valence-corrected chi connectivity index (χ1v) is 11.8. The fourth-order valence-corrected chi connectivity index (χ4v) is 6.88. The number of hydrogen-bond donors (Lipinski definition) is 1. The normalized spacial score (nSPS) is 17.6. The summed E-state index contributed by atoms with van der Waals surface area (Å²) in [5, 5.41) is 2.96. The number of rotatable bonds is 6. The van der Waals surface area contributed by atoms with E-state index in [0.29, 0.717) is 36.7 Å². The van der Waals surface area contributed by atoms with E-state index in [-0.39, 0.29) is 17.7 Å². The zero-order chi connectivity index (χ0) is 19.4. The van der Waals surface area contributed by atoms with Crippen LogP contribution in [0.25, 0.3) is 0 Å². The van der Waals surface area contributed by atoms with Crippen molar-refractivity contribution in [2.45, 2.75) is 30.5 Å². The third-order valence-electron chi connectivity index (χ3n) is 4.98. The molecule has 1 fully saturated rings. The Morgan fingerprint density at radius 2 is 1.96 bits per heavy atom. The summed E-state index contributed by atoms with van der Waals surface area (Å²) in [6.07, 6.45) is 4.78. The van der Waals surface area contributed by atoms with Crippen molar-refractivity contribution in [3.63, 3.8) is 0 Å². The number of pyridine rings is 1. The first-order chi connectivity index (χ1) is 12.9. The van der Waals surface area contributed by atoms with Gasteiger partial charge >= 0.3 is 0 Å². The van der Waals surface area contributed by atoms with Crippen molar-refractivity contribution in [1.82, 2.24) is 14.6 Å². The Morgan fingerprint density at radius 3 is 2.56 bits per heavy atom. The summed E-state index contributed by atoms with van der Waals surface area (Å²) < 4.78 is 28.1. The number of nitrogens with zero attached hydrogens (tertiary/aromatic N) is 2. The van der Waals surface area contributed by atoms with E-state index < -0.39 is 10.0 Å². The Hall–Kier alpha value is -1.29. The summed E-state index contributed by atoms with van der Waals surface area (Å²) in [7, 11) is -3.44. The van der Waals surface area contributed by atoms with Gasteiger partial charge in [0.2, 0.25) is 5.91 Å². The number of thiophene rings is 1. The number of hydrogen-bond acceptors (Lipinski definition) is 5. The van der Waals surface area contributed by atoms with Gasteiger partial charge in [-0.3, -0.25) is 9.78 Å². The maximum atomic E-state index is 12.7. The van der Waals surface area contributed by atoms with Crippen LogP contribution < -0.4 is 5.32 Å². The molecule has 1 aliphatic heterocycles. The highest BCUT2D eigenvalue weighted by Gasteiger charge is 2.33. The van der Waals surface area contributed by atoms with E-state index in [1.165, 1.54) is 15.6 Å². The molecule has 0 bridgehead atoms. The molecule has 1 unspecified atom stereocenters. The van der Waals surface area contributed by atoms with E-state index in [4.69, 9.17) is 0 Å². The van der Waals surface area contributed by atoms with Crippen LogP contribution in [-0.2, 0) is 21.4 Å². The third kappa shape index (κ3) is 4.96. The van der Waals surface area contributed by atoms with Crippen LogP contribution in [0.4, 0.5) is 0 Å². The maximum Gasteiger partial charge on any atom is 0.252 e. The van der Waals surface area contributed by atoms with Gasteiger partial charge in [-0.1, -0.05) is 6.92 Å². The van der Waals surface area contributed by atoms with E-state index in [9.17, 15) is 13.2 Å². The second-order valence-corrected chi connectivity index (χ2v) is 11.3. The molecule has 2 aromatic rings. The minimum atomic E-state index is -3.44. The SMILES string of the molecule is CC(C(=O)NCc1ccncc1)C1CCN(S(=O)(=O)c2ccc(Br)s2)CC1. The minimum Gasteiger partial charge on any atom is -0.352 e. The van der Waals surface area contributed by atoms with Crippen molar-refractivity contribution >= 4 is 43.2 Å². The molecule has 27 heavy (non-hydrogen) atoms. The van der Waals surface area contributed by atoms with Crippen LogP contribution in [0.15, 0.2) is 44.7 Å². The van der Waals surface area contributed by atoms with E-state index in [2.05, 4.69) is 26.2 Å². The fourth-order valence-electron chi connectivity index (χ4n) is 3.24. The van der Waals surface area contributed by atoms with Gasteiger partial charge in [0, 0.05) is 37.9 Å². The first kappa shape index (κ1) is 20.4. The minimum absolute atomic E-state index is 0.00954. The molecule has 2 aromatic heterocycles. The lowest BCUT2D eigenvalue weighted by Gasteiger charge is -2.33. The topological polar surface area (TPSA) is 79.4 Å². The predicted molar refractivity (Wildman–Crippen MR) is 109 cm³/mol. The molecule has 0 aromatic carbocycles. The highest BCUT2D eigenvalue weighted by atomic mass is 79.9. The summed E-state index contributed by atoms with van der Waals surface area (Å²) in [5.74, 6) is 0.0480. The van der Waals surface area contributed by atoms with Crippen LogP contribution in [0.5, 0.6) is 0 Å². The van der Waals surface area contributed by atoms with Crippen LogP contribution in [0, 0.1) is 11.8 Å². The average Bonchev–Trinajstić information content (AvgIpc) is 3.13. The number of carbonyl (C=O) groups excluding carboxylic acids is 1. The molecule has 0 aliphatic carbocycles. The number of nitrogens with one attached hydrogen (secondary N) is 1. The lowest BCUT2D eigenvalue weighted by Crippen LogP contribution is -2.42. The summed E-state index contributed by atoms with van der Waals surface area (Å²) in [5.41, 5.74) is 1.01. The average molecular weight is 472 g/mol. The molecule has 1 atom stereocenters. The van der Waals surface area contributed by atoms with Crippen LogP contribution in [0.3, 0.4) is 0 Å². The zero-order valence-corrected chi connectivity index (χ0v) is 18.2. The maximum absolute atomic E-state index is 12.7. The quantitative estimate of drug-likeness (QED) is 0.700. The van der Waals surface area contributed by atoms with Crippen LogP contribution in [0.1, 0.15) is 25.3 Å².